The summed E-state index contributed by atoms with van der Waals surface area (Å²) in [5.41, 5.74) is 0.894. The Labute approximate surface area is 113 Å². The van der Waals surface area contributed by atoms with Crippen LogP contribution in [0.2, 0.25) is 5.02 Å². The van der Waals surface area contributed by atoms with Crippen molar-refractivity contribution in [3.63, 3.8) is 0 Å². The third kappa shape index (κ3) is 4.57. The highest BCUT2D eigenvalue weighted by Crippen LogP contribution is 2.23. The Morgan fingerprint density at radius 1 is 1.33 bits per heavy atom. The van der Waals surface area contributed by atoms with Gasteiger partial charge in [0.15, 0.2) is 6.10 Å². The van der Waals surface area contributed by atoms with Crippen molar-refractivity contribution in [2.24, 2.45) is 5.92 Å². The quantitative estimate of drug-likeness (QED) is 0.767. The predicted octanol–water partition coefficient (Wildman–Crippen LogP) is 3.61. The Morgan fingerprint density at radius 2 is 2.00 bits per heavy atom. The second-order valence-corrected chi connectivity index (χ2v) is 5.13. The summed E-state index contributed by atoms with van der Waals surface area (Å²) in [6, 6.07) is 5.28. The predicted molar refractivity (Wildman–Crippen MR) is 72.1 cm³/mol. The normalized spacial score (nSPS) is 12.3. The topological polar surface area (TPSA) is 35.5 Å². The lowest BCUT2D eigenvalue weighted by Gasteiger charge is -2.16. The molecule has 100 valence electrons. The Balaban J connectivity index is 2.58. The molecule has 1 rings (SSSR count). The highest BCUT2D eigenvalue weighted by atomic mass is 35.5. The number of benzene rings is 1. The van der Waals surface area contributed by atoms with Gasteiger partial charge in [-0.25, -0.2) is 4.79 Å². The van der Waals surface area contributed by atoms with Crippen molar-refractivity contribution in [3.05, 3.63) is 28.8 Å². The van der Waals surface area contributed by atoms with Gasteiger partial charge in [0.05, 0.1) is 6.61 Å². The van der Waals surface area contributed by atoms with Crippen LogP contribution in [0.5, 0.6) is 5.75 Å². The van der Waals surface area contributed by atoms with Crippen LogP contribution in [0.4, 0.5) is 0 Å². The van der Waals surface area contributed by atoms with Crippen LogP contribution in [0.15, 0.2) is 18.2 Å². The van der Waals surface area contributed by atoms with Gasteiger partial charge in [0.1, 0.15) is 5.75 Å². The van der Waals surface area contributed by atoms with Gasteiger partial charge >= 0.3 is 5.97 Å². The van der Waals surface area contributed by atoms with Crippen LogP contribution in [0.25, 0.3) is 0 Å². The second kappa shape index (κ2) is 6.64. The van der Waals surface area contributed by atoms with Gasteiger partial charge in [0.25, 0.3) is 0 Å². The zero-order chi connectivity index (χ0) is 13.7. The largest absolute Gasteiger partial charge is 0.479 e. The molecule has 18 heavy (non-hydrogen) atoms. The summed E-state index contributed by atoms with van der Waals surface area (Å²) in [6.45, 7) is 7.94. The zero-order valence-electron chi connectivity index (χ0n) is 11.2. The van der Waals surface area contributed by atoms with Crippen LogP contribution in [0, 0.1) is 12.8 Å². The lowest BCUT2D eigenvalue weighted by molar-refractivity contribution is -0.152. The standard InChI is InChI=1S/C14H19ClO3/c1-9(2)8-17-14(16)11(4)18-13-6-5-12(15)7-10(13)3/h5-7,9,11H,8H2,1-4H3/t11-/m0/s1. The average molecular weight is 271 g/mol. The molecular weight excluding hydrogens is 252 g/mol. The van der Waals surface area contributed by atoms with Crippen LogP contribution in [-0.2, 0) is 9.53 Å². The molecule has 0 amide bonds. The summed E-state index contributed by atoms with van der Waals surface area (Å²) in [5, 5.41) is 0.648. The van der Waals surface area contributed by atoms with Crippen LogP contribution in [0.1, 0.15) is 26.3 Å². The monoisotopic (exact) mass is 270 g/mol. The molecule has 1 aromatic rings. The van der Waals surface area contributed by atoms with Crippen LogP contribution in [-0.4, -0.2) is 18.7 Å². The fraction of sp³-hybridized carbons (Fsp3) is 0.500. The molecule has 3 nitrogen and oxygen atoms in total. The van der Waals surface area contributed by atoms with E-state index in [1.54, 1.807) is 25.1 Å². The van der Waals surface area contributed by atoms with Crippen molar-refractivity contribution in [2.75, 3.05) is 6.61 Å². The molecule has 1 atom stereocenters. The Kier molecular flexibility index (Phi) is 5.48. The minimum Gasteiger partial charge on any atom is -0.479 e. The summed E-state index contributed by atoms with van der Waals surface area (Å²) in [5.74, 6) is 0.616. The summed E-state index contributed by atoms with van der Waals surface area (Å²) in [7, 11) is 0. The third-order valence-electron chi connectivity index (χ3n) is 2.33. The van der Waals surface area contributed by atoms with Crippen LogP contribution >= 0.6 is 11.6 Å². The van der Waals surface area contributed by atoms with E-state index in [1.165, 1.54) is 0 Å². The Morgan fingerprint density at radius 3 is 2.56 bits per heavy atom. The average Bonchev–Trinajstić information content (AvgIpc) is 2.29. The van der Waals surface area contributed by atoms with E-state index in [2.05, 4.69) is 0 Å². The number of ether oxygens (including phenoxy) is 2. The lowest BCUT2D eigenvalue weighted by Crippen LogP contribution is -2.27. The van der Waals surface area contributed by atoms with Gasteiger partial charge in [-0.3, -0.25) is 0 Å². The number of hydrogen-bond donors (Lipinski definition) is 0. The summed E-state index contributed by atoms with van der Waals surface area (Å²) < 4.78 is 10.7. The van der Waals surface area contributed by atoms with E-state index in [0.29, 0.717) is 23.3 Å². The first-order chi connectivity index (χ1) is 8.40. The van der Waals surface area contributed by atoms with Gasteiger partial charge in [-0.1, -0.05) is 25.4 Å². The summed E-state index contributed by atoms with van der Waals surface area (Å²) in [6.07, 6.45) is -0.622. The van der Waals surface area contributed by atoms with E-state index in [9.17, 15) is 4.79 Å². The molecule has 0 saturated carbocycles. The van der Waals surface area contributed by atoms with Crippen molar-refractivity contribution < 1.29 is 14.3 Å². The fourth-order valence-corrected chi connectivity index (χ4v) is 1.58. The fourth-order valence-electron chi connectivity index (χ4n) is 1.35. The molecule has 0 aliphatic rings. The van der Waals surface area contributed by atoms with E-state index in [0.717, 1.165) is 5.56 Å². The summed E-state index contributed by atoms with van der Waals surface area (Å²) in [4.78, 5) is 11.7. The van der Waals surface area contributed by atoms with E-state index >= 15 is 0 Å². The number of hydrogen-bond acceptors (Lipinski definition) is 3. The number of carbonyl (C=O) groups is 1. The number of carbonyl (C=O) groups excluding carboxylic acids is 1. The van der Waals surface area contributed by atoms with Crippen molar-refractivity contribution in [2.45, 2.75) is 33.8 Å². The van der Waals surface area contributed by atoms with Crippen molar-refractivity contribution in [1.82, 2.24) is 0 Å². The van der Waals surface area contributed by atoms with Crippen LogP contribution in [0.3, 0.4) is 0 Å². The minimum absolute atomic E-state index is 0.318. The minimum atomic E-state index is -0.622. The molecule has 0 aliphatic carbocycles. The van der Waals surface area contributed by atoms with Gasteiger partial charge in [0, 0.05) is 5.02 Å². The van der Waals surface area contributed by atoms with E-state index in [-0.39, 0.29) is 5.97 Å². The first kappa shape index (κ1) is 14.8. The maximum Gasteiger partial charge on any atom is 0.347 e. The molecule has 0 saturated heterocycles. The van der Waals surface area contributed by atoms with Gasteiger partial charge in [-0.15, -0.1) is 0 Å². The maximum atomic E-state index is 11.7. The SMILES string of the molecule is Cc1cc(Cl)ccc1O[C@@H](C)C(=O)OCC(C)C. The molecule has 0 unspecified atom stereocenters. The highest BCUT2D eigenvalue weighted by molar-refractivity contribution is 6.30. The Bertz CT molecular complexity index is 416. The van der Waals surface area contributed by atoms with Crippen molar-refractivity contribution >= 4 is 17.6 Å². The molecule has 0 fully saturated rings. The van der Waals surface area contributed by atoms with E-state index < -0.39 is 6.10 Å². The van der Waals surface area contributed by atoms with Crippen molar-refractivity contribution in [1.29, 1.82) is 0 Å². The Hall–Kier alpha value is -1.22. The van der Waals surface area contributed by atoms with Crippen molar-refractivity contribution in [3.8, 4) is 5.75 Å². The smallest absolute Gasteiger partial charge is 0.347 e. The maximum absolute atomic E-state index is 11.7. The molecule has 1 aromatic carbocycles. The molecule has 0 radical (unpaired) electrons. The van der Waals surface area contributed by atoms with Crippen LogP contribution < -0.4 is 4.74 Å². The van der Waals surface area contributed by atoms with Gasteiger partial charge in [0.2, 0.25) is 0 Å². The second-order valence-electron chi connectivity index (χ2n) is 4.69. The van der Waals surface area contributed by atoms with Gasteiger partial charge in [-0.2, -0.15) is 0 Å². The summed E-state index contributed by atoms with van der Waals surface area (Å²) >= 11 is 5.85. The first-order valence-corrected chi connectivity index (χ1v) is 6.37. The molecule has 0 heterocycles. The highest BCUT2D eigenvalue weighted by Gasteiger charge is 2.17. The number of rotatable bonds is 5. The molecule has 0 spiro atoms. The number of aryl methyl sites for hydroxylation is 1. The molecule has 0 aromatic heterocycles. The molecule has 0 bridgehead atoms. The van der Waals surface area contributed by atoms with E-state index in [1.807, 2.05) is 20.8 Å². The van der Waals surface area contributed by atoms with Gasteiger partial charge in [-0.05, 0) is 43.5 Å². The van der Waals surface area contributed by atoms with E-state index in [4.69, 9.17) is 21.1 Å². The first-order valence-electron chi connectivity index (χ1n) is 5.99. The molecule has 4 heteroatoms. The molecule has 0 N–H and O–H groups in total. The third-order valence-corrected chi connectivity index (χ3v) is 2.57. The number of halogens is 1. The lowest BCUT2D eigenvalue weighted by atomic mass is 10.2. The number of esters is 1. The van der Waals surface area contributed by atoms with Gasteiger partial charge < -0.3 is 9.47 Å². The molecule has 0 aliphatic heterocycles. The zero-order valence-corrected chi connectivity index (χ0v) is 12.0. The molecular formula is C14H19ClO3.